The quantitative estimate of drug-likeness (QED) is 0.846. The first kappa shape index (κ1) is 14.1. The van der Waals surface area contributed by atoms with Crippen LogP contribution in [0.25, 0.3) is 0 Å². The molecule has 0 unspecified atom stereocenters. The number of carbonyl (C=O) groups excluding carboxylic acids is 1. The number of hydrogen-bond acceptors (Lipinski definition) is 3. The first-order valence-corrected chi connectivity index (χ1v) is 7.11. The SMILES string of the molecule is CSc1ccc(C(=O)Nc2ccc(C(=O)O)cc2)cc1. The molecule has 2 aromatic carbocycles. The summed E-state index contributed by atoms with van der Waals surface area (Å²) in [5.74, 6) is -1.21. The van der Waals surface area contributed by atoms with Crippen LogP contribution < -0.4 is 5.32 Å². The highest BCUT2D eigenvalue weighted by molar-refractivity contribution is 7.98. The van der Waals surface area contributed by atoms with Crippen LogP contribution in [0.15, 0.2) is 53.4 Å². The third-order valence-corrected chi connectivity index (χ3v) is 3.49. The summed E-state index contributed by atoms with van der Waals surface area (Å²) in [6.45, 7) is 0. The monoisotopic (exact) mass is 287 g/mol. The molecule has 0 saturated carbocycles. The Morgan fingerprint density at radius 1 is 0.950 bits per heavy atom. The zero-order valence-electron chi connectivity index (χ0n) is 10.8. The van der Waals surface area contributed by atoms with Crippen LogP contribution in [0.4, 0.5) is 5.69 Å². The highest BCUT2D eigenvalue weighted by Gasteiger charge is 2.07. The third-order valence-electron chi connectivity index (χ3n) is 2.74. The van der Waals surface area contributed by atoms with Gasteiger partial charge >= 0.3 is 5.97 Å². The number of thioether (sulfide) groups is 1. The van der Waals surface area contributed by atoms with E-state index in [-0.39, 0.29) is 11.5 Å². The smallest absolute Gasteiger partial charge is 0.335 e. The van der Waals surface area contributed by atoms with Crippen molar-refractivity contribution in [2.24, 2.45) is 0 Å². The summed E-state index contributed by atoms with van der Waals surface area (Å²) in [5.41, 5.74) is 1.31. The molecule has 0 fully saturated rings. The molecular formula is C15H13NO3S. The minimum Gasteiger partial charge on any atom is -0.478 e. The number of carboxylic acid groups (broad SMARTS) is 1. The van der Waals surface area contributed by atoms with Gasteiger partial charge in [0, 0.05) is 16.1 Å². The summed E-state index contributed by atoms with van der Waals surface area (Å²) in [5, 5.41) is 11.5. The van der Waals surface area contributed by atoms with Crippen LogP contribution in [-0.4, -0.2) is 23.2 Å². The van der Waals surface area contributed by atoms with Crippen molar-refractivity contribution in [3.8, 4) is 0 Å². The van der Waals surface area contributed by atoms with Gasteiger partial charge in [0.25, 0.3) is 5.91 Å². The van der Waals surface area contributed by atoms with E-state index < -0.39 is 5.97 Å². The van der Waals surface area contributed by atoms with E-state index >= 15 is 0 Å². The molecule has 0 spiro atoms. The number of nitrogens with one attached hydrogen (secondary N) is 1. The van der Waals surface area contributed by atoms with Gasteiger partial charge in [0.1, 0.15) is 0 Å². The van der Waals surface area contributed by atoms with Gasteiger partial charge in [-0.2, -0.15) is 0 Å². The van der Waals surface area contributed by atoms with Gasteiger partial charge in [-0.3, -0.25) is 4.79 Å². The molecule has 4 nitrogen and oxygen atoms in total. The van der Waals surface area contributed by atoms with E-state index in [1.165, 1.54) is 12.1 Å². The van der Waals surface area contributed by atoms with Crippen molar-refractivity contribution in [2.45, 2.75) is 4.90 Å². The molecular weight excluding hydrogens is 274 g/mol. The number of amides is 1. The second kappa shape index (κ2) is 6.25. The van der Waals surface area contributed by atoms with Crippen molar-refractivity contribution < 1.29 is 14.7 Å². The highest BCUT2D eigenvalue weighted by atomic mass is 32.2. The molecule has 0 atom stereocenters. The fraction of sp³-hybridized carbons (Fsp3) is 0.0667. The van der Waals surface area contributed by atoms with Crippen LogP contribution in [-0.2, 0) is 0 Å². The molecule has 102 valence electrons. The molecule has 1 amide bonds. The minimum atomic E-state index is -0.990. The Bertz CT molecular complexity index is 621. The Hall–Kier alpha value is -2.27. The van der Waals surface area contributed by atoms with Gasteiger partial charge in [-0.05, 0) is 54.8 Å². The normalized spacial score (nSPS) is 10.1. The third kappa shape index (κ3) is 3.39. The zero-order valence-corrected chi connectivity index (χ0v) is 11.6. The molecule has 0 aromatic heterocycles. The summed E-state index contributed by atoms with van der Waals surface area (Å²) in [6.07, 6.45) is 1.97. The standard InChI is InChI=1S/C15H13NO3S/c1-20-13-8-4-10(5-9-13)14(17)16-12-6-2-11(3-7-12)15(18)19/h2-9H,1H3,(H,16,17)(H,18,19). The molecule has 5 heteroatoms. The molecule has 20 heavy (non-hydrogen) atoms. The first-order valence-electron chi connectivity index (χ1n) is 5.89. The van der Waals surface area contributed by atoms with E-state index in [1.54, 1.807) is 36.0 Å². The maximum absolute atomic E-state index is 12.0. The number of rotatable bonds is 4. The van der Waals surface area contributed by atoms with Crippen LogP contribution >= 0.6 is 11.8 Å². The van der Waals surface area contributed by atoms with Gasteiger partial charge in [0.05, 0.1) is 5.56 Å². The summed E-state index contributed by atoms with van der Waals surface area (Å²) in [4.78, 5) is 23.8. The Labute approximate surface area is 120 Å². The van der Waals surface area contributed by atoms with Gasteiger partial charge in [-0.15, -0.1) is 11.8 Å². The highest BCUT2D eigenvalue weighted by Crippen LogP contribution is 2.16. The molecule has 0 aliphatic rings. The number of carboxylic acids is 1. The molecule has 0 heterocycles. The van der Waals surface area contributed by atoms with E-state index in [0.717, 1.165) is 4.90 Å². The average Bonchev–Trinajstić information content (AvgIpc) is 2.48. The second-order valence-corrected chi connectivity index (χ2v) is 4.94. The maximum atomic E-state index is 12.0. The van der Waals surface area contributed by atoms with Crippen LogP contribution in [0.5, 0.6) is 0 Å². The predicted octanol–water partition coefficient (Wildman–Crippen LogP) is 3.36. The molecule has 0 bridgehead atoms. The lowest BCUT2D eigenvalue weighted by atomic mass is 10.2. The summed E-state index contributed by atoms with van der Waals surface area (Å²) < 4.78 is 0. The van der Waals surface area contributed by atoms with Crippen molar-refractivity contribution in [3.05, 3.63) is 59.7 Å². The summed E-state index contributed by atoms with van der Waals surface area (Å²) in [7, 11) is 0. The number of carbonyl (C=O) groups is 2. The maximum Gasteiger partial charge on any atom is 0.335 e. The fourth-order valence-electron chi connectivity index (χ4n) is 1.64. The van der Waals surface area contributed by atoms with E-state index in [1.807, 2.05) is 18.4 Å². The minimum absolute atomic E-state index is 0.187. The number of benzene rings is 2. The van der Waals surface area contributed by atoms with Gasteiger partial charge in [-0.25, -0.2) is 4.79 Å². The molecule has 0 aliphatic heterocycles. The largest absolute Gasteiger partial charge is 0.478 e. The average molecular weight is 287 g/mol. The summed E-state index contributed by atoms with van der Waals surface area (Å²) >= 11 is 1.61. The topological polar surface area (TPSA) is 66.4 Å². The van der Waals surface area contributed by atoms with Crippen LogP contribution in [0.1, 0.15) is 20.7 Å². The lowest BCUT2D eigenvalue weighted by molar-refractivity contribution is 0.0696. The molecule has 2 rings (SSSR count). The lowest BCUT2D eigenvalue weighted by Gasteiger charge is -2.06. The van der Waals surface area contributed by atoms with E-state index in [9.17, 15) is 9.59 Å². The van der Waals surface area contributed by atoms with Crippen LogP contribution in [0, 0.1) is 0 Å². The van der Waals surface area contributed by atoms with Crippen molar-refractivity contribution in [1.29, 1.82) is 0 Å². The Kier molecular flexibility index (Phi) is 4.42. The molecule has 2 aromatic rings. The van der Waals surface area contributed by atoms with Gasteiger partial charge in [0.15, 0.2) is 0 Å². The van der Waals surface area contributed by atoms with Gasteiger partial charge in [0.2, 0.25) is 0 Å². The summed E-state index contributed by atoms with van der Waals surface area (Å²) in [6, 6.07) is 13.3. The Morgan fingerprint density at radius 2 is 1.50 bits per heavy atom. The number of anilines is 1. The van der Waals surface area contributed by atoms with Crippen LogP contribution in [0.2, 0.25) is 0 Å². The van der Waals surface area contributed by atoms with Gasteiger partial charge < -0.3 is 10.4 Å². The predicted molar refractivity (Wildman–Crippen MR) is 79.6 cm³/mol. The Morgan fingerprint density at radius 3 is 2.00 bits per heavy atom. The first-order chi connectivity index (χ1) is 9.60. The van der Waals surface area contributed by atoms with E-state index in [0.29, 0.717) is 11.3 Å². The zero-order chi connectivity index (χ0) is 14.5. The van der Waals surface area contributed by atoms with E-state index in [4.69, 9.17) is 5.11 Å². The van der Waals surface area contributed by atoms with Gasteiger partial charge in [-0.1, -0.05) is 0 Å². The molecule has 0 radical (unpaired) electrons. The second-order valence-electron chi connectivity index (χ2n) is 4.07. The van der Waals surface area contributed by atoms with Crippen molar-refractivity contribution in [2.75, 3.05) is 11.6 Å². The van der Waals surface area contributed by atoms with Crippen molar-refractivity contribution in [3.63, 3.8) is 0 Å². The van der Waals surface area contributed by atoms with Crippen molar-refractivity contribution >= 4 is 29.3 Å². The number of hydrogen-bond donors (Lipinski definition) is 2. The van der Waals surface area contributed by atoms with Crippen molar-refractivity contribution in [1.82, 2.24) is 0 Å². The molecule has 0 aliphatic carbocycles. The molecule has 2 N–H and O–H groups in total. The van der Waals surface area contributed by atoms with Crippen LogP contribution in [0.3, 0.4) is 0 Å². The lowest BCUT2D eigenvalue weighted by Crippen LogP contribution is -2.11. The van der Waals surface area contributed by atoms with E-state index in [2.05, 4.69) is 5.32 Å². The molecule has 0 saturated heterocycles. The Balaban J connectivity index is 2.08. The number of aromatic carboxylic acids is 1. The fourth-order valence-corrected chi connectivity index (χ4v) is 2.05.